The maximum atomic E-state index is 9.25. The fourth-order valence-electron chi connectivity index (χ4n) is 1.55. The van der Waals surface area contributed by atoms with Crippen LogP contribution in [-0.2, 0) is 0 Å². The molecule has 7 heteroatoms. The van der Waals surface area contributed by atoms with Crippen LogP contribution in [0.3, 0.4) is 0 Å². The molecule has 0 bridgehead atoms. The fourth-order valence-corrected chi connectivity index (χ4v) is 2.74. The van der Waals surface area contributed by atoms with Crippen molar-refractivity contribution >= 4 is 34.5 Å². The SMILES string of the molecule is N#C/C(=C/c1csnn1)c1nc(-c2ccccn2)cs1. The molecule has 3 aromatic rings. The van der Waals surface area contributed by atoms with E-state index in [2.05, 4.69) is 25.6 Å². The number of pyridine rings is 1. The Labute approximate surface area is 123 Å². The van der Waals surface area contributed by atoms with E-state index in [1.807, 2.05) is 23.6 Å². The molecule has 0 aliphatic carbocycles. The second-order valence-electron chi connectivity index (χ2n) is 3.75. The Kier molecular flexibility index (Phi) is 3.58. The third kappa shape index (κ3) is 2.61. The van der Waals surface area contributed by atoms with Gasteiger partial charge < -0.3 is 0 Å². The van der Waals surface area contributed by atoms with Crippen LogP contribution in [0.15, 0.2) is 35.2 Å². The molecule has 0 saturated heterocycles. The van der Waals surface area contributed by atoms with Crippen molar-refractivity contribution in [2.24, 2.45) is 0 Å². The summed E-state index contributed by atoms with van der Waals surface area (Å²) in [6.07, 6.45) is 3.40. The highest BCUT2D eigenvalue weighted by Crippen LogP contribution is 2.25. The highest BCUT2D eigenvalue weighted by molar-refractivity contribution is 7.11. The van der Waals surface area contributed by atoms with E-state index in [0.717, 1.165) is 11.4 Å². The van der Waals surface area contributed by atoms with E-state index in [9.17, 15) is 5.26 Å². The van der Waals surface area contributed by atoms with Gasteiger partial charge in [-0.25, -0.2) is 4.98 Å². The maximum Gasteiger partial charge on any atom is 0.134 e. The normalized spacial score (nSPS) is 11.2. The third-order valence-electron chi connectivity index (χ3n) is 2.45. The predicted molar refractivity (Wildman–Crippen MR) is 78.7 cm³/mol. The predicted octanol–water partition coefficient (Wildman–Crippen LogP) is 3.12. The van der Waals surface area contributed by atoms with Crippen LogP contribution in [0.25, 0.3) is 23.0 Å². The molecule has 0 radical (unpaired) electrons. The topological polar surface area (TPSA) is 75.3 Å². The van der Waals surface area contributed by atoms with Crippen LogP contribution in [0.5, 0.6) is 0 Å². The summed E-state index contributed by atoms with van der Waals surface area (Å²) in [5.74, 6) is 0. The summed E-state index contributed by atoms with van der Waals surface area (Å²) >= 11 is 2.66. The van der Waals surface area contributed by atoms with Gasteiger partial charge in [0.15, 0.2) is 0 Å². The Morgan fingerprint density at radius 2 is 2.20 bits per heavy atom. The van der Waals surface area contributed by atoms with Crippen LogP contribution >= 0.6 is 22.9 Å². The minimum atomic E-state index is 0.477. The summed E-state index contributed by atoms with van der Waals surface area (Å²) in [4.78, 5) is 8.70. The average molecular weight is 297 g/mol. The van der Waals surface area contributed by atoms with Crippen molar-refractivity contribution < 1.29 is 0 Å². The Morgan fingerprint density at radius 3 is 2.90 bits per heavy atom. The first-order chi connectivity index (χ1) is 9.86. The molecule has 0 aliphatic heterocycles. The van der Waals surface area contributed by atoms with Crippen molar-refractivity contribution in [3.05, 3.63) is 45.9 Å². The zero-order valence-electron chi connectivity index (χ0n) is 10.1. The quantitative estimate of drug-likeness (QED) is 0.694. The molecule has 96 valence electrons. The highest BCUT2D eigenvalue weighted by atomic mass is 32.1. The maximum absolute atomic E-state index is 9.25. The van der Waals surface area contributed by atoms with Gasteiger partial charge in [0.2, 0.25) is 0 Å². The molecule has 5 nitrogen and oxygen atoms in total. The molecule has 0 saturated carbocycles. The first-order valence-corrected chi connectivity index (χ1v) is 7.34. The van der Waals surface area contributed by atoms with E-state index in [1.54, 1.807) is 17.7 Å². The molecule has 0 N–H and O–H groups in total. The lowest BCUT2D eigenvalue weighted by molar-refractivity contribution is 1.14. The lowest BCUT2D eigenvalue weighted by atomic mass is 10.2. The number of nitriles is 1. The van der Waals surface area contributed by atoms with Crippen molar-refractivity contribution in [2.75, 3.05) is 0 Å². The van der Waals surface area contributed by atoms with Crippen LogP contribution in [0.1, 0.15) is 10.7 Å². The molecule has 0 fully saturated rings. The molecule has 0 unspecified atom stereocenters. The van der Waals surface area contributed by atoms with E-state index in [4.69, 9.17) is 0 Å². The lowest BCUT2D eigenvalue weighted by Gasteiger charge is -1.93. The van der Waals surface area contributed by atoms with E-state index in [-0.39, 0.29) is 0 Å². The Balaban J connectivity index is 1.95. The number of nitrogens with zero attached hydrogens (tertiary/aromatic N) is 5. The van der Waals surface area contributed by atoms with Gasteiger partial charge in [-0.05, 0) is 29.7 Å². The van der Waals surface area contributed by atoms with Crippen LogP contribution in [0.4, 0.5) is 0 Å². The first-order valence-electron chi connectivity index (χ1n) is 5.63. The van der Waals surface area contributed by atoms with Gasteiger partial charge in [-0.3, -0.25) is 4.98 Å². The minimum Gasteiger partial charge on any atom is -0.255 e. The molecule has 0 spiro atoms. The van der Waals surface area contributed by atoms with Crippen molar-refractivity contribution in [3.63, 3.8) is 0 Å². The van der Waals surface area contributed by atoms with E-state index in [1.165, 1.54) is 22.9 Å². The van der Waals surface area contributed by atoms with E-state index in [0.29, 0.717) is 16.3 Å². The van der Waals surface area contributed by atoms with Gasteiger partial charge in [0.05, 0.1) is 17.0 Å². The summed E-state index contributed by atoms with van der Waals surface area (Å²) in [5.41, 5.74) is 2.71. The molecule has 0 atom stereocenters. The summed E-state index contributed by atoms with van der Waals surface area (Å²) in [5, 5.41) is 17.5. The molecule has 0 aliphatic rings. The smallest absolute Gasteiger partial charge is 0.134 e. The van der Waals surface area contributed by atoms with E-state index < -0.39 is 0 Å². The summed E-state index contributed by atoms with van der Waals surface area (Å²) in [6, 6.07) is 7.79. The van der Waals surface area contributed by atoms with Crippen LogP contribution in [0.2, 0.25) is 0 Å². The molecule has 0 amide bonds. The monoisotopic (exact) mass is 297 g/mol. The van der Waals surface area contributed by atoms with Crippen LogP contribution < -0.4 is 0 Å². The molecule has 3 heterocycles. The van der Waals surface area contributed by atoms with Gasteiger partial charge in [-0.2, -0.15) is 5.26 Å². The van der Waals surface area contributed by atoms with Gasteiger partial charge in [0.25, 0.3) is 0 Å². The Morgan fingerprint density at radius 1 is 1.25 bits per heavy atom. The summed E-state index contributed by atoms with van der Waals surface area (Å²) < 4.78 is 3.77. The van der Waals surface area contributed by atoms with Gasteiger partial charge >= 0.3 is 0 Å². The van der Waals surface area contributed by atoms with Crippen molar-refractivity contribution in [3.8, 4) is 17.5 Å². The number of aromatic nitrogens is 4. The number of hydrogen-bond donors (Lipinski definition) is 0. The number of thiazole rings is 1. The number of rotatable bonds is 3. The average Bonchev–Trinajstić information content (AvgIpc) is 3.17. The largest absolute Gasteiger partial charge is 0.255 e. The molecular weight excluding hydrogens is 290 g/mol. The zero-order chi connectivity index (χ0) is 13.8. The molecule has 3 rings (SSSR count). The second kappa shape index (κ2) is 5.69. The van der Waals surface area contributed by atoms with Gasteiger partial charge in [0.1, 0.15) is 16.8 Å². The molecular formula is C13H7N5S2. The Hall–Kier alpha value is -2.43. The molecule has 20 heavy (non-hydrogen) atoms. The summed E-state index contributed by atoms with van der Waals surface area (Å²) in [6.45, 7) is 0. The standard InChI is InChI=1S/C13H7N5S2/c14-6-9(5-10-7-20-18-17-10)13-16-12(8-19-13)11-3-1-2-4-15-11/h1-5,7-8H/b9-5-. The zero-order valence-corrected chi connectivity index (χ0v) is 11.7. The van der Waals surface area contributed by atoms with Gasteiger partial charge in [0, 0.05) is 17.0 Å². The van der Waals surface area contributed by atoms with Crippen LogP contribution in [0, 0.1) is 11.3 Å². The Bertz CT molecular complexity index is 769. The molecule has 0 aromatic carbocycles. The van der Waals surface area contributed by atoms with Gasteiger partial charge in [-0.15, -0.1) is 16.4 Å². The first kappa shape index (κ1) is 12.6. The summed E-state index contributed by atoms with van der Waals surface area (Å²) in [7, 11) is 0. The fraction of sp³-hybridized carbons (Fsp3) is 0. The van der Waals surface area contributed by atoms with E-state index >= 15 is 0 Å². The van der Waals surface area contributed by atoms with Crippen LogP contribution in [-0.4, -0.2) is 19.6 Å². The lowest BCUT2D eigenvalue weighted by Crippen LogP contribution is -1.84. The van der Waals surface area contributed by atoms with Crippen molar-refractivity contribution in [1.82, 2.24) is 19.6 Å². The number of allylic oxidation sites excluding steroid dienone is 1. The van der Waals surface area contributed by atoms with Crippen molar-refractivity contribution in [1.29, 1.82) is 5.26 Å². The van der Waals surface area contributed by atoms with Gasteiger partial charge in [-0.1, -0.05) is 10.6 Å². The molecule has 3 aromatic heterocycles. The highest BCUT2D eigenvalue weighted by Gasteiger charge is 2.10. The number of hydrogen-bond acceptors (Lipinski definition) is 7. The minimum absolute atomic E-state index is 0.477. The second-order valence-corrected chi connectivity index (χ2v) is 5.22. The third-order valence-corrected chi connectivity index (χ3v) is 3.85. The van der Waals surface area contributed by atoms with Crippen molar-refractivity contribution in [2.45, 2.75) is 0 Å².